The number of aromatic hydroxyl groups is 1. The van der Waals surface area contributed by atoms with E-state index in [1.165, 1.54) is 16.9 Å². The largest absolute Gasteiger partial charge is 0.506 e. The Morgan fingerprint density at radius 2 is 1.78 bits per heavy atom. The first-order valence-electron chi connectivity index (χ1n) is 5.80. The molecule has 94 valence electrons. The molecular weight excluding hydrogens is 244 g/mol. The molecule has 0 radical (unpaired) electrons. The molecule has 2 rings (SSSR count). The molecule has 1 aromatic carbocycles. The van der Waals surface area contributed by atoms with E-state index in [0.29, 0.717) is 11.8 Å². The van der Waals surface area contributed by atoms with Crippen LogP contribution in [0.2, 0.25) is 0 Å². The quantitative estimate of drug-likeness (QED) is 0.820. The Balaban J connectivity index is 2.40. The van der Waals surface area contributed by atoms with Gasteiger partial charge >= 0.3 is 0 Å². The van der Waals surface area contributed by atoms with Gasteiger partial charge in [0.2, 0.25) is 0 Å². The summed E-state index contributed by atoms with van der Waals surface area (Å²) in [5, 5.41) is 11.6. The Bertz CT molecular complexity index is 559. The third kappa shape index (κ3) is 2.31. The van der Waals surface area contributed by atoms with Gasteiger partial charge in [0, 0.05) is 5.38 Å². The number of carbonyl (C=O) groups is 1. The van der Waals surface area contributed by atoms with Gasteiger partial charge in [-0.3, -0.25) is 4.79 Å². The standard InChI is InChI=1S/C15H16O2S/c1-15(2,3)12-6-4-10(5-7-12)14-13(17)11(8-16)9-18-14/h4-9,17H,1-3H3. The molecule has 0 saturated carbocycles. The molecule has 0 saturated heterocycles. The summed E-state index contributed by atoms with van der Waals surface area (Å²) in [6.07, 6.45) is 0.679. The molecule has 1 heterocycles. The Morgan fingerprint density at radius 3 is 2.22 bits per heavy atom. The number of thiophene rings is 1. The van der Waals surface area contributed by atoms with Gasteiger partial charge < -0.3 is 5.11 Å². The molecule has 0 aliphatic carbocycles. The number of hydrogen-bond acceptors (Lipinski definition) is 3. The summed E-state index contributed by atoms with van der Waals surface area (Å²) in [7, 11) is 0. The molecule has 0 amide bonds. The van der Waals surface area contributed by atoms with E-state index >= 15 is 0 Å². The van der Waals surface area contributed by atoms with E-state index in [1.807, 2.05) is 12.1 Å². The van der Waals surface area contributed by atoms with Gasteiger partial charge in [-0.05, 0) is 16.5 Å². The highest BCUT2D eigenvalue weighted by molar-refractivity contribution is 7.14. The summed E-state index contributed by atoms with van der Waals surface area (Å²) in [5.74, 6) is 0.0820. The van der Waals surface area contributed by atoms with Crippen LogP contribution in [-0.2, 0) is 5.41 Å². The maximum absolute atomic E-state index is 10.7. The van der Waals surface area contributed by atoms with Crippen LogP contribution in [-0.4, -0.2) is 11.4 Å². The predicted octanol–water partition coefficient (Wildman–Crippen LogP) is 4.23. The highest BCUT2D eigenvalue weighted by Gasteiger charge is 2.15. The van der Waals surface area contributed by atoms with Crippen LogP contribution in [0.5, 0.6) is 5.75 Å². The molecule has 0 unspecified atom stereocenters. The van der Waals surface area contributed by atoms with Gasteiger partial charge in [0.1, 0.15) is 5.75 Å². The van der Waals surface area contributed by atoms with Crippen molar-refractivity contribution in [1.29, 1.82) is 0 Å². The lowest BCUT2D eigenvalue weighted by atomic mass is 9.86. The molecule has 18 heavy (non-hydrogen) atoms. The van der Waals surface area contributed by atoms with E-state index in [-0.39, 0.29) is 11.2 Å². The smallest absolute Gasteiger partial charge is 0.154 e. The van der Waals surface area contributed by atoms with Crippen LogP contribution in [0.3, 0.4) is 0 Å². The number of rotatable bonds is 2. The van der Waals surface area contributed by atoms with Gasteiger partial charge in [-0.2, -0.15) is 0 Å². The van der Waals surface area contributed by atoms with Crippen LogP contribution in [0.4, 0.5) is 0 Å². The van der Waals surface area contributed by atoms with E-state index in [9.17, 15) is 9.90 Å². The van der Waals surface area contributed by atoms with Gasteiger partial charge in [0.15, 0.2) is 6.29 Å². The molecule has 0 spiro atoms. The Hall–Kier alpha value is -1.61. The van der Waals surface area contributed by atoms with Gasteiger partial charge in [-0.1, -0.05) is 45.0 Å². The van der Waals surface area contributed by atoms with Crippen LogP contribution < -0.4 is 0 Å². The number of hydrogen-bond donors (Lipinski definition) is 1. The minimum absolute atomic E-state index is 0.0820. The van der Waals surface area contributed by atoms with Gasteiger partial charge in [-0.15, -0.1) is 11.3 Å². The van der Waals surface area contributed by atoms with Crippen LogP contribution in [0.25, 0.3) is 10.4 Å². The molecule has 1 N–H and O–H groups in total. The molecular formula is C15H16O2S. The second-order valence-electron chi connectivity index (χ2n) is 5.31. The fraction of sp³-hybridized carbons (Fsp3) is 0.267. The van der Waals surface area contributed by atoms with Crippen molar-refractivity contribution in [2.45, 2.75) is 26.2 Å². The lowest BCUT2D eigenvalue weighted by Crippen LogP contribution is -2.10. The maximum atomic E-state index is 10.7. The summed E-state index contributed by atoms with van der Waals surface area (Å²) < 4.78 is 0. The number of benzene rings is 1. The molecule has 0 atom stereocenters. The summed E-state index contributed by atoms with van der Waals surface area (Å²) in [6.45, 7) is 6.49. The van der Waals surface area contributed by atoms with Crippen molar-refractivity contribution in [3.05, 3.63) is 40.8 Å². The summed E-state index contributed by atoms with van der Waals surface area (Å²) in [5.41, 5.74) is 2.66. The fourth-order valence-corrected chi connectivity index (χ4v) is 2.69. The molecule has 0 bridgehead atoms. The number of aldehydes is 1. The van der Waals surface area contributed by atoms with Crippen molar-refractivity contribution < 1.29 is 9.90 Å². The average molecular weight is 260 g/mol. The van der Waals surface area contributed by atoms with Crippen LogP contribution in [0.15, 0.2) is 29.6 Å². The van der Waals surface area contributed by atoms with Gasteiger partial charge in [0.05, 0.1) is 10.4 Å². The van der Waals surface area contributed by atoms with Crippen LogP contribution >= 0.6 is 11.3 Å². The van der Waals surface area contributed by atoms with Crippen molar-refractivity contribution >= 4 is 17.6 Å². The minimum Gasteiger partial charge on any atom is -0.506 e. The van der Waals surface area contributed by atoms with Crippen LogP contribution in [0, 0.1) is 0 Å². The summed E-state index contributed by atoms with van der Waals surface area (Å²) >= 11 is 1.39. The van der Waals surface area contributed by atoms with E-state index < -0.39 is 0 Å². The zero-order valence-corrected chi connectivity index (χ0v) is 11.5. The Kier molecular flexibility index (Phi) is 3.26. The first kappa shape index (κ1) is 12.8. The highest BCUT2D eigenvalue weighted by Crippen LogP contribution is 2.38. The predicted molar refractivity (Wildman–Crippen MR) is 75.5 cm³/mol. The van der Waals surface area contributed by atoms with E-state index in [2.05, 4.69) is 32.9 Å². The molecule has 3 heteroatoms. The average Bonchev–Trinajstić information content (AvgIpc) is 2.69. The second kappa shape index (κ2) is 4.58. The highest BCUT2D eigenvalue weighted by atomic mass is 32.1. The monoisotopic (exact) mass is 260 g/mol. The lowest BCUT2D eigenvalue weighted by molar-refractivity contribution is 0.112. The fourth-order valence-electron chi connectivity index (χ4n) is 1.78. The molecule has 0 fully saturated rings. The number of carbonyl (C=O) groups excluding carboxylic acids is 1. The summed E-state index contributed by atoms with van der Waals surface area (Å²) in [6, 6.07) is 8.10. The van der Waals surface area contributed by atoms with Crippen molar-refractivity contribution in [1.82, 2.24) is 0 Å². The van der Waals surface area contributed by atoms with Crippen LogP contribution in [0.1, 0.15) is 36.7 Å². The Morgan fingerprint density at radius 1 is 1.17 bits per heavy atom. The molecule has 0 aliphatic rings. The van der Waals surface area contributed by atoms with E-state index in [1.54, 1.807) is 5.38 Å². The second-order valence-corrected chi connectivity index (χ2v) is 6.19. The topological polar surface area (TPSA) is 37.3 Å². The Labute approximate surface area is 111 Å². The summed E-state index contributed by atoms with van der Waals surface area (Å²) in [4.78, 5) is 11.5. The third-order valence-corrected chi connectivity index (χ3v) is 3.97. The van der Waals surface area contributed by atoms with Crippen molar-refractivity contribution in [2.24, 2.45) is 0 Å². The van der Waals surface area contributed by atoms with Crippen molar-refractivity contribution in [3.8, 4) is 16.2 Å². The molecule has 0 aliphatic heterocycles. The zero-order valence-electron chi connectivity index (χ0n) is 10.7. The van der Waals surface area contributed by atoms with E-state index in [0.717, 1.165) is 10.4 Å². The SMILES string of the molecule is CC(C)(C)c1ccc(-c2scc(C=O)c2O)cc1. The normalized spacial score (nSPS) is 11.5. The third-order valence-electron chi connectivity index (χ3n) is 2.93. The van der Waals surface area contributed by atoms with Gasteiger partial charge in [0.25, 0.3) is 0 Å². The maximum Gasteiger partial charge on any atom is 0.154 e. The first-order chi connectivity index (χ1) is 8.43. The molecule has 1 aromatic heterocycles. The first-order valence-corrected chi connectivity index (χ1v) is 6.68. The minimum atomic E-state index is 0.0820. The molecule has 2 nitrogen and oxygen atoms in total. The van der Waals surface area contributed by atoms with Gasteiger partial charge in [-0.25, -0.2) is 0 Å². The lowest BCUT2D eigenvalue weighted by Gasteiger charge is -2.19. The van der Waals surface area contributed by atoms with Crippen molar-refractivity contribution in [3.63, 3.8) is 0 Å². The van der Waals surface area contributed by atoms with E-state index in [4.69, 9.17) is 0 Å². The molecule has 2 aromatic rings. The zero-order chi connectivity index (χ0) is 13.3. The van der Waals surface area contributed by atoms with Crippen molar-refractivity contribution in [2.75, 3.05) is 0 Å².